The van der Waals surface area contributed by atoms with Crippen LogP contribution in [-0.4, -0.2) is 43.2 Å². The van der Waals surface area contributed by atoms with Crippen molar-refractivity contribution in [3.05, 3.63) is 29.8 Å². The molecule has 0 atom stereocenters. The highest BCUT2D eigenvalue weighted by Gasteiger charge is 2.23. The van der Waals surface area contributed by atoms with Crippen molar-refractivity contribution in [1.29, 1.82) is 0 Å². The maximum absolute atomic E-state index is 12.1. The summed E-state index contributed by atoms with van der Waals surface area (Å²) in [5, 5.41) is 0. The van der Waals surface area contributed by atoms with Gasteiger partial charge in [0.15, 0.2) is 6.61 Å². The Morgan fingerprint density at radius 2 is 1.95 bits per heavy atom. The number of hydrogen-bond acceptors (Lipinski definition) is 4. The number of nitrogens with zero attached hydrogens (tertiary/aromatic N) is 1. The zero-order chi connectivity index (χ0) is 15.1. The molecular formula is C16H24N2O3. The average molecular weight is 292 g/mol. The fraction of sp³-hybridized carbons (Fsp3) is 0.562. The summed E-state index contributed by atoms with van der Waals surface area (Å²) in [6.07, 6.45) is 2.11. The summed E-state index contributed by atoms with van der Waals surface area (Å²) in [7, 11) is 0. The third-order valence-electron chi connectivity index (χ3n) is 3.72. The van der Waals surface area contributed by atoms with Crippen molar-refractivity contribution in [1.82, 2.24) is 4.90 Å². The Bertz CT molecular complexity index is 439. The molecule has 0 radical (unpaired) electrons. The molecule has 2 N–H and O–H groups in total. The molecule has 2 rings (SSSR count). The summed E-state index contributed by atoms with van der Waals surface area (Å²) >= 11 is 0. The van der Waals surface area contributed by atoms with Crippen LogP contribution < -0.4 is 10.5 Å². The molecule has 0 unspecified atom stereocenters. The van der Waals surface area contributed by atoms with Crippen molar-refractivity contribution in [3.8, 4) is 5.75 Å². The summed E-state index contributed by atoms with van der Waals surface area (Å²) in [5.74, 6) is 0.734. The van der Waals surface area contributed by atoms with Crippen LogP contribution in [0.5, 0.6) is 5.75 Å². The molecule has 5 nitrogen and oxygen atoms in total. The number of carbonyl (C=O) groups is 1. The molecule has 1 saturated heterocycles. The van der Waals surface area contributed by atoms with Crippen LogP contribution in [0.25, 0.3) is 0 Å². The van der Waals surface area contributed by atoms with E-state index in [9.17, 15) is 4.79 Å². The van der Waals surface area contributed by atoms with Crippen molar-refractivity contribution in [2.45, 2.75) is 32.4 Å². The number of benzene rings is 1. The molecular weight excluding hydrogens is 268 g/mol. The van der Waals surface area contributed by atoms with E-state index in [1.807, 2.05) is 36.1 Å². The molecule has 1 heterocycles. The zero-order valence-corrected chi connectivity index (χ0v) is 12.6. The number of likely N-dealkylation sites (tertiary alicyclic amines) is 1. The van der Waals surface area contributed by atoms with E-state index in [0.29, 0.717) is 18.4 Å². The Hall–Kier alpha value is -1.59. The Morgan fingerprint density at radius 3 is 2.52 bits per heavy atom. The van der Waals surface area contributed by atoms with E-state index in [4.69, 9.17) is 15.2 Å². The molecule has 21 heavy (non-hydrogen) atoms. The summed E-state index contributed by atoms with van der Waals surface area (Å²) in [6.45, 7) is 4.83. The maximum Gasteiger partial charge on any atom is 0.260 e. The number of rotatable bonds is 6. The third-order valence-corrected chi connectivity index (χ3v) is 3.72. The van der Waals surface area contributed by atoms with Gasteiger partial charge in [0.25, 0.3) is 5.91 Å². The fourth-order valence-corrected chi connectivity index (χ4v) is 2.47. The van der Waals surface area contributed by atoms with Gasteiger partial charge >= 0.3 is 0 Å². The van der Waals surface area contributed by atoms with Gasteiger partial charge in [0.2, 0.25) is 0 Å². The standard InChI is InChI=1S/C16H24N2O3/c1-2-20-15-7-9-18(10-8-15)16(19)12-21-14-5-3-13(11-17)4-6-14/h3-6,15H,2,7-12,17H2,1H3. The van der Waals surface area contributed by atoms with E-state index in [1.165, 1.54) is 0 Å². The second-order valence-corrected chi connectivity index (χ2v) is 5.17. The highest BCUT2D eigenvalue weighted by molar-refractivity contribution is 5.77. The lowest BCUT2D eigenvalue weighted by molar-refractivity contribution is -0.135. The molecule has 0 saturated carbocycles. The molecule has 1 fully saturated rings. The van der Waals surface area contributed by atoms with E-state index >= 15 is 0 Å². The maximum atomic E-state index is 12.1. The molecule has 1 aliphatic rings. The number of amides is 1. The topological polar surface area (TPSA) is 64.8 Å². The van der Waals surface area contributed by atoms with E-state index in [2.05, 4.69) is 0 Å². The lowest BCUT2D eigenvalue weighted by Crippen LogP contribution is -2.43. The molecule has 1 aromatic rings. The SMILES string of the molecule is CCOC1CCN(C(=O)COc2ccc(CN)cc2)CC1. The minimum atomic E-state index is 0.0350. The number of hydrogen-bond donors (Lipinski definition) is 1. The summed E-state index contributed by atoms with van der Waals surface area (Å²) < 4.78 is 11.1. The normalized spacial score (nSPS) is 16.0. The van der Waals surface area contributed by atoms with Gasteiger partial charge in [-0.2, -0.15) is 0 Å². The van der Waals surface area contributed by atoms with Crippen molar-refractivity contribution < 1.29 is 14.3 Å². The number of nitrogens with two attached hydrogens (primary N) is 1. The van der Waals surface area contributed by atoms with Crippen LogP contribution >= 0.6 is 0 Å². The lowest BCUT2D eigenvalue weighted by atomic mass is 10.1. The van der Waals surface area contributed by atoms with Gasteiger partial charge < -0.3 is 20.1 Å². The number of piperidine rings is 1. The summed E-state index contributed by atoms with van der Waals surface area (Å²) in [5.41, 5.74) is 6.59. The molecule has 0 bridgehead atoms. The van der Waals surface area contributed by atoms with Gasteiger partial charge in [-0.3, -0.25) is 4.79 Å². The highest BCUT2D eigenvalue weighted by atomic mass is 16.5. The van der Waals surface area contributed by atoms with E-state index < -0.39 is 0 Å². The van der Waals surface area contributed by atoms with E-state index in [0.717, 1.165) is 38.1 Å². The van der Waals surface area contributed by atoms with Crippen LogP contribution in [0.4, 0.5) is 0 Å². The van der Waals surface area contributed by atoms with Gasteiger partial charge in [0.05, 0.1) is 6.10 Å². The van der Waals surface area contributed by atoms with Crippen molar-refractivity contribution in [2.24, 2.45) is 5.73 Å². The van der Waals surface area contributed by atoms with Crippen molar-refractivity contribution in [2.75, 3.05) is 26.3 Å². The van der Waals surface area contributed by atoms with Crippen LogP contribution in [0.1, 0.15) is 25.3 Å². The van der Waals surface area contributed by atoms with Crippen LogP contribution in [0.2, 0.25) is 0 Å². The first-order valence-corrected chi connectivity index (χ1v) is 7.54. The highest BCUT2D eigenvalue weighted by Crippen LogP contribution is 2.15. The molecule has 0 spiro atoms. The van der Waals surface area contributed by atoms with Crippen LogP contribution in [0, 0.1) is 0 Å². The van der Waals surface area contributed by atoms with Crippen molar-refractivity contribution >= 4 is 5.91 Å². The predicted molar refractivity (Wildman–Crippen MR) is 81.1 cm³/mol. The fourth-order valence-electron chi connectivity index (χ4n) is 2.47. The second-order valence-electron chi connectivity index (χ2n) is 5.17. The van der Waals surface area contributed by atoms with Crippen LogP contribution in [-0.2, 0) is 16.1 Å². The second kappa shape index (κ2) is 8.00. The molecule has 5 heteroatoms. The Labute approximate surface area is 126 Å². The Balaban J connectivity index is 1.74. The molecule has 0 aromatic heterocycles. The van der Waals surface area contributed by atoms with Gasteiger partial charge in [0, 0.05) is 26.2 Å². The van der Waals surface area contributed by atoms with Gasteiger partial charge in [0.1, 0.15) is 5.75 Å². The predicted octanol–water partition coefficient (Wildman–Crippen LogP) is 1.55. The van der Waals surface area contributed by atoms with Gasteiger partial charge in [-0.15, -0.1) is 0 Å². The molecule has 1 aliphatic heterocycles. The summed E-state index contributed by atoms with van der Waals surface area (Å²) in [4.78, 5) is 14.0. The van der Waals surface area contributed by atoms with Gasteiger partial charge in [-0.1, -0.05) is 12.1 Å². The minimum absolute atomic E-state index is 0.0350. The molecule has 1 aromatic carbocycles. The Kier molecular flexibility index (Phi) is 6.02. The van der Waals surface area contributed by atoms with E-state index in [-0.39, 0.29) is 12.5 Å². The van der Waals surface area contributed by atoms with Gasteiger partial charge in [-0.05, 0) is 37.5 Å². The summed E-state index contributed by atoms with van der Waals surface area (Å²) in [6, 6.07) is 7.51. The lowest BCUT2D eigenvalue weighted by Gasteiger charge is -2.31. The average Bonchev–Trinajstić information content (AvgIpc) is 2.54. The first-order chi connectivity index (χ1) is 10.2. The van der Waals surface area contributed by atoms with Gasteiger partial charge in [-0.25, -0.2) is 0 Å². The van der Waals surface area contributed by atoms with Crippen molar-refractivity contribution in [3.63, 3.8) is 0 Å². The quantitative estimate of drug-likeness (QED) is 0.864. The largest absolute Gasteiger partial charge is 0.484 e. The first-order valence-electron chi connectivity index (χ1n) is 7.54. The molecule has 116 valence electrons. The zero-order valence-electron chi connectivity index (χ0n) is 12.6. The first kappa shape index (κ1) is 15.8. The van der Waals surface area contributed by atoms with E-state index in [1.54, 1.807) is 0 Å². The van der Waals surface area contributed by atoms with Crippen LogP contribution in [0.3, 0.4) is 0 Å². The monoisotopic (exact) mass is 292 g/mol. The molecule has 1 amide bonds. The molecule has 0 aliphatic carbocycles. The van der Waals surface area contributed by atoms with Crippen LogP contribution in [0.15, 0.2) is 24.3 Å². The number of carbonyl (C=O) groups excluding carboxylic acids is 1. The number of ether oxygens (including phenoxy) is 2. The third kappa shape index (κ3) is 4.72. The minimum Gasteiger partial charge on any atom is -0.484 e. The Morgan fingerprint density at radius 1 is 1.29 bits per heavy atom. The smallest absolute Gasteiger partial charge is 0.260 e.